The van der Waals surface area contributed by atoms with Crippen molar-refractivity contribution in [1.82, 2.24) is 0 Å². The van der Waals surface area contributed by atoms with Gasteiger partial charge in [-0.15, -0.1) is 0 Å². The van der Waals surface area contributed by atoms with E-state index in [1.807, 2.05) is 18.2 Å². The zero-order valence-corrected chi connectivity index (χ0v) is 28.6. The van der Waals surface area contributed by atoms with Gasteiger partial charge in [0.05, 0.1) is 57.2 Å². The number of allylic oxidation sites excluding steroid dienone is 8. The molecule has 0 N–H and O–H groups in total. The molecule has 0 amide bonds. The van der Waals surface area contributed by atoms with Crippen molar-refractivity contribution in [2.45, 2.75) is 6.92 Å². The summed E-state index contributed by atoms with van der Waals surface area (Å²) in [5, 5.41) is 72.4. The van der Waals surface area contributed by atoms with Crippen molar-refractivity contribution in [3.63, 3.8) is 0 Å². The highest BCUT2D eigenvalue weighted by molar-refractivity contribution is 6.34. The standard InChI is InChI=1S/C46H19F2N7/c1-25-12-26(18-49)15-31(13-25)33(21-52)39-37(29-8-4-2-5-9-29)35(23-54)41-43(39)45(47)42-36(24-55)38(30-10-6-3-7-11-30)40(44(42)46(41)48)34(22-53)32-16-27(19-50)14-28(17-32)20-51/h2-17H,1H3/b39-33+,40-34+. The second kappa shape index (κ2) is 13.8. The molecule has 0 heterocycles. The average molecular weight is 708 g/mol. The van der Waals surface area contributed by atoms with Crippen LogP contribution in [0.4, 0.5) is 8.78 Å². The molecule has 0 aromatic heterocycles. The fraction of sp³-hybridized carbons (Fsp3) is 0.0217. The molecule has 0 aliphatic heterocycles. The first-order valence-electron chi connectivity index (χ1n) is 16.5. The molecule has 7 rings (SSSR count). The molecule has 5 aromatic carbocycles. The van der Waals surface area contributed by atoms with Crippen molar-refractivity contribution in [3.8, 4) is 42.5 Å². The SMILES string of the molecule is Cc1cc(C#N)cc(/C(C#N)=C2\C(c3ccccc3)=C(C#N)c3c(F)c4c(c(F)c32)C(C#N)=C(c2ccccc2)/C4=C(/C#N)c2cc(C#N)cc(C#N)c2)c1. The van der Waals surface area contributed by atoms with Crippen LogP contribution in [0.15, 0.2) is 97.1 Å². The van der Waals surface area contributed by atoms with Gasteiger partial charge in [-0.1, -0.05) is 66.7 Å². The third-order valence-electron chi connectivity index (χ3n) is 9.43. The lowest BCUT2D eigenvalue weighted by atomic mass is 9.86. The Morgan fingerprint density at radius 2 is 0.836 bits per heavy atom. The number of fused-ring (bicyclic) bond motifs is 2. The number of hydrogen-bond acceptors (Lipinski definition) is 7. The molecule has 0 spiro atoms. The summed E-state index contributed by atoms with van der Waals surface area (Å²) in [6, 6.07) is 39.5. The number of aryl methyl sites for hydroxylation is 1. The van der Waals surface area contributed by atoms with E-state index in [9.17, 15) is 36.8 Å². The lowest BCUT2D eigenvalue weighted by molar-refractivity contribution is 0.590. The number of hydrogen-bond donors (Lipinski definition) is 0. The summed E-state index contributed by atoms with van der Waals surface area (Å²) in [7, 11) is 0. The van der Waals surface area contributed by atoms with Gasteiger partial charge >= 0.3 is 0 Å². The van der Waals surface area contributed by atoms with Gasteiger partial charge in [0.15, 0.2) is 0 Å². The van der Waals surface area contributed by atoms with Crippen LogP contribution in [0.5, 0.6) is 0 Å². The largest absolute Gasteiger partial charge is 0.206 e. The minimum absolute atomic E-state index is 0.0196. The average Bonchev–Trinajstić information content (AvgIpc) is 3.75. The minimum Gasteiger partial charge on any atom is -0.206 e. The van der Waals surface area contributed by atoms with Crippen molar-refractivity contribution in [2.75, 3.05) is 0 Å². The molecule has 0 bridgehead atoms. The van der Waals surface area contributed by atoms with Gasteiger partial charge in [0.2, 0.25) is 0 Å². The molecule has 0 saturated heterocycles. The lowest BCUT2D eigenvalue weighted by Crippen LogP contribution is -2.05. The number of benzene rings is 5. The van der Waals surface area contributed by atoms with Gasteiger partial charge in [-0.3, -0.25) is 0 Å². The monoisotopic (exact) mass is 707 g/mol. The van der Waals surface area contributed by atoms with Gasteiger partial charge in [0.25, 0.3) is 0 Å². The van der Waals surface area contributed by atoms with E-state index >= 15 is 8.78 Å². The maximum Gasteiger partial charge on any atom is 0.141 e. The maximum atomic E-state index is 18.0. The van der Waals surface area contributed by atoms with Crippen molar-refractivity contribution in [2.24, 2.45) is 0 Å². The summed E-state index contributed by atoms with van der Waals surface area (Å²) in [5.74, 6) is -2.23. The van der Waals surface area contributed by atoms with Gasteiger partial charge in [0, 0.05) is 44.5 Å². The number of rotatable bonds is 4. The first-order valence-corrected chi connectivity index (χ1v) is 16.5. The van der Waals surface area contributed by atoms with Crippen molar-refractivity contribution in [3.05, 3.63) is 175 Å². The normalized spacial score (nSPS) is 14.3. The predicted octanol–water partition coefficient (Wildman–Crippen LogP) is 9.65. The Bertz CT molecular complexity index is 2980. The van der Waals surface area contributed by atoms with Gasteiger partial charge in [-0.05, 0) is 65.1 Å². The van der Waals surface area contributed by atoms with E-state index in [1.54, 1.807) is 79.7 Å². The van der Waals surface area contributed by atoms with E-state index in [-0.39, 0.29) is 72.4 Å². The van der Waals surface area contributed by atoms with Crippen LogP contribution in [0, 0.1) is 97.9 Å². The van der Waals surface area contributed by atoms with Crippen LogP contribution in [0.25, 0.3) is 44.6 Å². The van der Waals surface area contributed by atoms with Gasteiger partial charge in [-0.2, -0.15) is 36.8 Å². The van der Waals surface area contributed by atoms with Crippen LogP contribution >= 0.6 is 0 Å². The van der Waals surface area contributed by atoms with E-state index in [1.165, 1.54) is 24.3 Å². The van der Waals surface area contributed by atoms with Crippen molar-refractivity contribution < 1.29 is 8.78 Å². The molecule has 0 atom stereocenters. The van der Waals surface area contributed by atoms with E-state index in [0.29, 0.717) is 16.7 Å². The summed E-state index contributed by atoms with van der Waals surface area (Å²) in [4.78, 5) is 0. The van der Waals surface area contributed by atoms with Crippen LogP contribution in [-0.2, 0) is 0 Å². The molecular formula is C46H19F2N7. The first kappa shape index (κ1) is 34.8. The highest BCUT2D eigenvalue weighted by Crippen LogP contribution is 2.58. The Morgan fingerprint density at radius 1 is 0.455 bits per heavy atom. The molecular weight excluding hydrogens is 689 g/mol. The highest BCUT2D eigenvalue weighted by Gasteiger charge is 2.44. The molecule has 0 fully saturated rings. The van der Waals surface area contributed by atoms with Crippen LogP contribution in [0.1, 0.15) is 66.8 Å². The van der Waals surface area contributed by atoms with E-state index in [0.717, 1.165) is 0 Å². The third kappa shape index (κ3) is 5.42. The van der Waals surface area contributed by atoms with Crippen LogP contribution in [0.3, 0.4) is 0 Å². The van der Waals surface area contributed by atoms with E-state index in [4.69, 9.17) is 0 Å². The smallest absolute Gasteiger partial charge is 0.141 e. The minimum atomic E-state index is -1.12. The Kier molecular flexibility index (Phi) is 8.74. The quantitative estimate of drug-likeness (QED) is 0.168. The van der Waals surface area contributed by atoms with Crippen LogP contribution in [-0.4, -0.2) is 0 Å². The van der Waals surface area contributed by atoms with E-state index < -0.39 is 33.9 Å². The number of nitriles is 7. The third-order valence-corrected chi connectivity index (χ3v) is 9.43. The molecule has 0 saturated carbocycles. The first-order chi connectivity index (χ1) is 26.7. The molecule has 5 aromatic rings. The van der Waals surface area contributed by atoms with Crippen molar-refractivity contribution >= 4 is 44.6 Å². The summed E-state index contributed by atoms with van der Waals surface area (Å²) in [6.07, 6.45) is 0. The highest BCUT2D eigenvalue weighted by atomic mass is 19.1. The van der Waals surface area contributed by atoms with Gasteiger partial charge in [0.1, 0.15) is 35.9 Å². The Morgan fingerprint density at radius 3 is 1.20 bits per heavy atom. The van der Waals surface area contributed by atoms with Gasteiger partial charge in [-0.25, -0.2) is 8.78 Å². The molecule has 0 unspecified atom stereocenters. The summed E-state index contributed by atoms with van der Waals surface area (Å²) < 4.78 is 35.9. The Hall–Kier alpha value is -8.65. The van der Waals surface area contributed by atoms with Crippen LogP contribution in [0.2, 0.25) is 0 Å². The Balaban J connectivity index is 1.72. The molecule has 252 valence electrons. The zero-order valence-electron chi connectivity index (χ0n) is 28.6. The second-order valence-electron chi connectivity index (χ2n) is 12.5. The second-order valence-corrected chi connectivity index (χ2v) is 12.5. The predicted molar refractivity (Wildman–Crippen MR) is 201 cm³/mol. The topological polar surface area (TPSA) is 167 Å². The fourth-order valence-electron chi connectivity index (χ4n) is 7.31. The van der Waals surface area contributed by atoms with Crippen molar-refractivity contribution in [1.29, 1.82) is 36.8 Å². The summed E-state index contributed by atoms with van der Waals surface area (Å²) >= 11 is 0. The molecule has 2 aliphatic rings. The zero-order chi connectivity index (χ0) is 39.0. The maximum absolute atomic E-state index is 18.0. The number of nitrogens with zero attached hydrogens (tertiary/aromatic N) is 7. The molecule has 55 heavy (non-hydrogen) atoms. The lowest BCUT2D eigenvalue weighted by Gasteiger charge is -2.17. The molecule has 2 aliphatic carbocycles. The summed E-state index contributed by atoms with van der Waals surface area (Å²) in [6.45, 7) is 1.72. The summed E-state index contributed by atoms with van der Waals surface area (Å²) in [5.41, 5.74) is -1.16. The van der Waals surface area contributed by atoms with Crippen LogP contribution < -0.4 is 0 Å². The van der Waals surface area contributed by atoms with E-state index in [2.05, 4.69) is 24.3 Å². The number of halogens is 2. The molecule has 0 radical (unpaired) electrons. The fourth-order valence-corrected chi connectivity index (χ4v) is 7.31. The molecule has 9 heteroatoms. The Labute approximate surface area is 314 Å². The van der Waals surface area contributed by atoms with Gasteiger partial charge < -0.3 is 0 Å². The molecule has 7 nitrogen and oxygen atoms in total.